The van der Waals surface area contributed by atoms with Crippen LogP contribution in [0.25, 0.3) is 0 Å². The van der Waals surface area contributed by atoms with Gasteiger partial charge in [0.05, 0.1) is 4.47 Å². The van der Waals surface area contributed by atoms with Crippen LogP contribution >= 0.6 is 31.9 Å². The molecular weight excluding hydrogens is 694 g/mol. The van der Waals surface area contributed by atoms with Crippen molar-refractivity contribution in [1.82, 2.24) is 29.9 Å². The fourth-order valence-electron chi connectivity index (χ4n) is 2.46. The monoisotopic (exact) mass is 734 g/mol. The molecule has 0 unspecified atom stereocenters. The summed E-state index contributed by atoms with van der Waals surface area (Å²) in [5.41, 5.74) is 4.40. The minimum absolute atomic E-state index is 0. The van der Waals surface area contributed by atoms with Crippen LogP contribution in [0, 0.1) is 39.7 Å². The van der Waals surface area contributed by atoms with Gasteiger partial charge in [-0.3, -0.25) is 14.8 Å². The molecule has 234 valence electrons. The molecule has 3 aromatic heterocycles. The van der Waals surface area contributed by atoms with E-state index in [1.165, 1.54) is 36.5 Å². The molecule has 0 bridgehead atoms. The Balaban J connectivity index is -0.000000492. The van der Waals surface area contributed by atoms with Gasteiger partial charge < -0.3 is 13.0 Å². The fourth-order valence-corrected chi connectivity index (χ4v) is 2.96. The Kier molecular flexibility index (Phi) is 33.8. The zero-order valence-corrected chi connectivity index (χ0v) is 31.5. The predicted molar refractivity (Wildman–Crippen MR) is 187 cm³/mol. The van der Waals surface area contributed by atoms with Crippen molar-refractivity contribution in [3.05, 3.63) is 149 Å². The molecule has 7 nitrogen and oxygen atoms in total. The number of Topliss-reactive ketones (excluding diaryl/α,β-unsaturated/α-hetero) is 1. The van der Waals surface area contributed by atoms with Gasteiger partial charge in [-0.15, -0.1) is 12.4 Å². The quantitative estimate of drug-likeness (QED) is 0.159. The number of benzene rings is 2. The molecule has 0 saturated carbocycles. The number of unbranched alkanes of at least 4 members (excludes halogenated alkanes) is 1. The van der Waals surface area contributed by atoms with Gasteiger partial charge in [0.25, 0.3) is 0 Å². The number of hydrogen-bond acceptors (Lipinski definition) is 7. The largest absolute Gasteiger partial charge is 1.00 e. The zero-order chi connectivity index (χ0) is 33.0. The SMILES string of the molecule is Brc1cncnc1.Cc1ccc(Br)cc1.Cc1ccc(C(=O)C(C)C)cc1.Cc1cncnc1.[CH2-]CCC.[Li+].[Li+].[c-]1cncnc1. The Morgan fingerprint density at radius 3 is 1.30 bits per heavy atom. The first-order valence-corrected chi connectivity index (χ1v) is 15.5. The van der Waals surface area contributed by atoms with Crippen molar-refractivity contribution < 1.29 is 42.5 Å². The van der Waals surface area contributed by atoms with Gasteiger partial charge in [-0.2, -0.15) is 6.42 Å². The van der Waals surface area contributed by atoms with Crippen molar-refractivity contribution in [2.24, 2.45) is 5.92 Å². The maximum absolute atomic E-state index is 11.5. The van der Waals surface area contributed by atoms with Gasteiger partial charge in [-0.25, -0.2) is 19.9 Å². The number of aromatic nitrogens is 6. The van der Waals surface area contributed by atoms with Crippen molar-refractivity contribution in [2.75, 3.05) is 0 Å². The summed E-state index contributed by atoms with van der Waals surface area (Å²) in [4.78, 5) is 33.7. The van der Waals surface area contributed by atoms with E-state index in [0.717, 1.165) is 26.5 Å². The average molecular weight is 736 g/mol. The summed E-state index contributed by atoms with van der Waals surface area (Å²) in [7, 11) is 0. The van der Waals surface area contributed by atoms with Gasteiger partial charge in [0.15, 0.2) is 5.78 Å². The fraction of sp³-hybridized carbons (Fsp3) is 0.257. The van der Waals surface area contributed by atoms with Gasteiger partial charge in [0.2, 0.25) is 0 Å². The molecule has 0 fully saturated rings. The van der Waals surface area contributed by atoms with Crippen LogP contribution in [0.5, 0.6) is 0 Å². The molecular formula is C35H42Br2Li2N6O. The van der Waals surface area contributed by atoms with E-state index in [4.69, 9.17) is 0 Å². The van der Waals surface area contributed by atoms with Crippen LogP contribution in [-0.4, -0.2) is 35.7 Å². The van der Waals surface area contributed by atoms with Crippen LogP contribution < -0.4 is 37.7 Å². The minimum atomic E-state index is 0. The molecule has 0 radical (unpaired) electrons. The van der Waals surface area contributed by atoms with Gasteiger partial charge in [-0.05, 0) is 54.4 Å². The van der Waals surface area contributed by atoms with Crippen LogP contribution in [0.4, 0.5) is 0 Å². The Morgan fingerprint density at radius 2 is 1.07 bits per heavy atom. The van der Waals surface area contributed by atoms with E-state index in [0.29, 0.717) is 0 Å². The van der Waals surface area contributed by atoms with E-state index in [-0.39, 0.29) is 49.4 Å². The summed E-state index contributed by atoms with van der Waals surface area (Å²) >= 11 is 6.53. The first-order valence-electron chi connectivity index (χ1n) is 14.0. The summed E-state index contributed by atoms with van der Waals surface area (Å²) in [6.45, 7) is 15.6. The van der Waals surface area contributed by atoms with Crippen molar-refractivity contribution >= 4 is 37.6 Å². The van der Waals surface area contributed by atoms with Crippen molar-refractivity contribution in [3.63, 3.8) is 0 Å². The van der Waals surface area contributed by atoms with Crippen molar-refractivity contribution in [3.8, 4) is 0 Å². The first-order chi connectivity index (χ1) is 21.1. The molecule has 0 aliphatic rings. The first kappa shape index (κ1) is 47.9. The minimum Gasteiger partial charge on any atom is -0.434 e. The molecule has 0 aliphatic heterocycles. The summed E-state index contributed by atoms with van der Waals surface area (Å²) in [5.74, 6) is 0.308. The average Bonchev–Trinajstić information content (AvgIpc) is 3.05. The van der Waals surface area contributed by atoms with Crippen LogP contribution in [0.2, 0.25) is 0 Å². The van der Waals surface area contributed by atoms with E-state index in [1.54, 1.807) is 37.2 Å². The molecule has 2 aromatic carbocycles. The second-order valence-electron chi connectivity index (χ2n) is 9.35. The Hall–Kier alpha value is -2.50. The number of carbonyl (C=O) groups is 1. The van der Waals surface area contributed by atoms with Gasteiger partial charge >= 0.3 is 37.7 Å². The van der Waals surface area contributed by atoms with Crippen LogP contribution in [0.15, 0.2) is 114 Å². The van der Waals surface area contributed by atoms with E-state index in [1.807, 2.05) is 64.1 Å². The van der Waals surface area contributed by atoms with E-state index in [2.05, 4.69) is 101 Å². The number of carbonyl (C=O) groups excluding carboxylic acids is 1. The molecule has 46 heavy (non-hydrogen) atoms. The maximum atomic E-state index is 11.5. The van der Waals surface area contributed by atoms with Crippen LogP contribution in [0.3, 0.4) is 0 Å². The molecule has 0 aliphatic carbocycles. The predicted octanol–water partition coefficient (Wildman–Crippen LogP) is 3.52. The maximum Gasteiger partial charge on any atom is 1.00 e. The standard InChI is InChI=1S/C11H14O.C7H7Br.C5H6N2.C4H3BrN2.C4H3N2.C4H9.2Li/c1-8(2)11(12)10-6-4-9(3)5-7-10;1-6-2-4-7(8)5-3-6;1-5-2-6-4-7-3-5;5-4-1-6-3-7-2-4;1-2-5-4-6-3-1;1-3-4-2;;/h4-8H,1-3H3;2-5H,1H3;2-4H,1H3;1-3H;2-4H;1,3-4H2,2H3;;/q;;;;2*-1;2*+1. The molecule has 5 aromatic rings. The summed E-state index contributed by atoms with van der Waals surface area (Å²) in [5, 5.41) is 0. The van der Waals surface area contributed by atoms with Gasteiger partial charge in [0, 0.05) is 40.7 Å². The molecule has 5 rings (SSSR count). The summed E-state index contributed by atoms with van der Waals surface area (Å²) in [6.07, 6.45) is 16.8. The number of ketones is 1. The number of halogens is 2. The summed E-state index contributed by atoms with van der Waals surface area (Å²) < 4.78 is 2.05. The van der Waals surface area contributed by atoms with E-state index in [9.17, 15) is 4.79 Å². The van der Waals surface area contributed by atoms with Crippen LogP contribution in [0.1, 0.15) is 60.7 Å². The van der Waals surface area contributed by atoms with Gasteiger partial charge in [-0.1, -0.05) is 90.6 Å². The Labute approximate surface area is 317 Å². The molecule has 3 heterocycles. The van der Waals surface area contributed by atoms with E-state index >= 15 is 0 Å². The third-order valence-electron chi connectivity index (χ3n) is 4.88. The topological polar surface area (TPSA) is 94.4 Å². The normalized spacial score (nSPS) is 8.65. The molecule has 0 atom stereocenters. The number of hydrogen-bond donors (Lipinski definition) is 0. The Bertz CT molecular complexity index is 1270. The third kappa shape index (κ3) is 28.9. The summed E-state index contributed by atoms with van der Waals surface area (Å²) in [6, 6.07) is 18.6. The smallest absolute Gasteiger partial charge is 0.434 e. The third-order valence-corrected chi connectivity index (χ3v) is 5.81. The molecule has 0 spiro atoms. The molecule has 0 N–H and O–H groups in total. The van der Waals surface area contributed by atoms with Crippen LogP contribution in [-0.2, 0) is 0 Å². The number of aryl methyl sites for hydroxylation is 3. The van der Waals surface area contributed by atoms with Gasteiger partial charge in [0.1, 0.15) is 19.0 Å². The van der Waals surface area contributed by atoms with Crippen molar-refractivity contribution in [1.29, 1.82) is 0 Å². The molecule has 0 amide bonds. The van der Waals surface area contributed by atoms with E-state index < -0.39 is 0 Å². The zero-order valence-electron chi connectivity index (χ0n) is 28.4. The van der Waals surface area contributed by atoms with Crippen molar-refractivity contribution in [2.45, 2.75) is 54.4 Å². The second kappa shape index (κ2) is 32.4. The number of rotatable bonds is 3. The number of nitrogens with zero attached hydrogens (tertiary/aromatic N) is 6. The second-order valence-corrected chi connectivity index (χ2v) is 11.2. The molecule has 11 heteroatoms. The Morgan fingerprint density at radius 1 is 0.674 bits per heavy atom. The molecule has 0 saturated heterocycles.